The van der Waals surface area contributed by atoms with Gasteiger partial charge in [0, 0.05) is 11.7 Å². The van der Waals surface area contributed by atoms with Gasteiger partial charge in [-0.1, -0.05) is 25.1 Å². The monoisotopic (exact) mass is 254 g/mol. The fourth-order valence-electron chi connectivity index (χ4n) is 2.16. The van der Waals surface area contributed by atoms with E-state index in [-0.39, 0.29) is 11.8 Å². The van der Waals surface area contributed by atoms with Crippen LogP contribution in [-0.4, -0.2) is 14.5 Å². The summed E-state index contributed by atoms with van der Waals surface area (Å²) >= 11 is 0. The number of hydrogen-bond acceptors (Lipinski definition) is 3. The van der Waals surface area contributed by atoms with Crippen molar-refractivity contribution in [3.63, 3.8) is 0 Å². The van der Waals surface area contributed by atoms with Crippen molar-refractivity contribution < 1.29 is 8.42 Å². The molecule has 0 amide bonds. The Kier molecular flexibility index (Phi) is 3.40. The van der Waals surface area contributed by atoms with E-state index in [1.54, 1.807) is 24.3 Å². The van der Waals surface area contributed by atoms with Gasteiger partial charge in [-0.25, -0.2) is 13.1 Å². The van der Waals surface area contributed by atoms with Crippen molar-refractivity contribution in [1.29, 1.82) is 0 Å². The van der Waals surface area contributed by atoms with Crippen molar-refractivity contribution in [3.05, 3.63) is 29.8 Å². The minimum atomic E-state index is -3.27. The normalized spacial score (nSPS) is 24.3. The van der Waals surface area contributed by atoms with E-state index in [0.717, 1.165) is 12.8 Å². The van der Waals surface area contributed by atoms with Crippen LogP contribution in [0.15, 0.2) is 24.3 Å². The van der Waals surface area contributed by atoms with Crippen LogP contribution in [-0.2, 0) is 15.8 Å². The lowest BCUT2D eigenvalue weighted by Crippen LogP contribution is -2.43. The van der Waals surface area contributed by atoms with E-state index in [0.29, 0.717) is 17.2 Å². The van der Waals surface area contributed by atoms with Crippen LogP contribution in [0, 0.1) is 5.92 Å². The van der Waals surface area contributed by atoms with E-state index in [9.17, 15) is 8.42 Å². The average molecular weight is 254 g/mol. The number of sulfonamides is 1. The third-order valence-corrected chi connectivity index (χ3v) is 4.50. The zero-order valence-corrected chi connectivity index (χ0v) is 10.7. The van der Waals surface area contributed by atoms with Gasteiger partial charge in [-0.3, -0.25) is 0 Å². The van der Waals surface area contributed by atoms with Crippen molar-refractivity contribution in [1.82, 2.24) is 4.72 Å². The van der Waals surface area contributed by atoms with Crippen LogP contribution in [0.3, 0.4) is 0 Å². The molecule has 0 spiro atoms. The number of benzene rings is 1. The van der Waals surface area contributed by atoms with Gasteiger partial charge in [0.05, 0.1) is 5.75 Å². The lowest BCUT2D eigenvalue weighted by molar-refractivity contribution is 0.270. The molecular weight excluding hydrogens is 236 g/mol. The Balaban J connectivity index is 2.00. The number of anilines is 1. The second-order valence-electron chi connectivity index (χ2n) is 4.85. The van der Waals surface area contributed by atoms with Crippen LogP contribution in [0.5, 0.6) is 0 Å². The Morgan fingerprint density at radius 2 is 2.00 bits per heavy atom. The van der Waals surface area contributed by atoms with E-state index in [4.69, 9.17) is 5.73 Å². The zero-order chi connectivity index (χ0) is 12.5. The topological polar surface area (TPSA) is 72.2 Å². The highest BCUT2D eigenvalue weighted by molar-refractivity contribution is 7.88. The Bertz CT molecular complexity index is 493. The molecule has 5 heteroatoms. The summed E-state index contributed by atoms with van der Waals surface area (Å²) in [7, 11) is -3.27. The molecule has 1 fully saturated rings. The number of rotatable bonds is 4. The summed E-state index contributed by atoms with van der Waals surface area (Å²) in [4.78, 5) is 0. The summed E-state index contributed by atoms with van der Waals surface area (Å²) in [6, 6.07) is 7.17. The third kappa shape index (κ3) is 3.20. The molecule has 0 heterocycles. The van der Waals surface area contributed by atoms with Gasteiger partial charge < -0.3 is 5.73 Å². The van der Waals surface area contributed by atoms with E-state index >= 15 is 0 Å². The molecule has 17 heavy (non-hydrogen) atoms. The Morgan fingerprint density at radius 1 is 1.35 bits per heavy atom. The Hall–Kier alpha value is -1.07. The van der Waals surface area contributed by atoms with Crippen LogP contribution in [0.1, 0.15) is 25.3 Å². The predicted molar refractivity (Wildman–Crippen MR) is 68.8 cm³/mol. The van der Waals surface area contributed by atoms with E-state index in [2.05, 4.69) is 11.6 Å². The van der Waals surface area contributed by atoms with E-state index in [1.165, 1.54) is 0 Å². The highest BCUT2D eigenvalue weighted by atomic mass is 32.2. The number of para-hydroxylation sites is 1. The van der Waals surface area contributed by atoms with Crippen molar-refractivity contribution in [3.8, 4) is 0 Å². The fourth-order valence-corrected chi connectivity index (χ4v) is 3.62. The second-order valence-corrected chi connectivity index (χ2v) is 6.60. The smallest absolute Gasteiger partial charge is 0.216 e. The van der Waals surface area contributed by atoms with Crippen LogP contribution in [0.4, 0.5) is 5.69 Å². The highest BCUT2D eigenvalue weighted by Gasteiger charge is 2.29. The maximum Gasteiger partial charge on any atom is 0.216 e. The van der Waals surface area contributed by atoms with Crippen molar-refractivity contribution in [2.45, 2.75) is 31.6 Å². The van der Waals surface area contributed by atoms with Crippen molar-refractivity contribution >= 4 is 15.7 Å². The molecule has 94 valence electrons. The molecule has 1 aliphatic carbocycles. The predicted octanol–water partition coefficient (Wildman–Crippen LogP) is 1.49. The molecule has 1 saturated carbocycles. The van der Waals surface area contributed by atoms with Gasteiger partial charge >= 0.3 is 0 Å². The molecule has 0 bridgehead atoms. The first-order valence-electron chi connectivity index (χ1n) is 5.79. The molecule has 0 radical (unpaired) electrons. The lowest BCUT2D eigenvalue weighted by atomic mass is 9.83. The number of nitrogen functional groups attached to an aromatic ring is 1. The minimum Gasteiger partial charge on any atom is -0.398 e. The standard InChI is InChI=1S/C12H18N2O2S/c1-9-6-11(7-9)14-17(15,16)8-10-4-2-3-5-12(10)13/h2-5,9,11,14H,6-8,13H2,1H3. The highest BCUT2D eigenvalue weighted by Crippen LogP contribution is 2.27. The van der Waals surface area contributed by atoms with Crippen molar-refractivity contribution in [2.24, 2.45) is 5.92 Å². The van der Waals surface area contributed by atoms with Crippen LogP contribution in [0.2, 0.25) is 0 Å². The molecule has 2 rings (SSSR count). The van der Waals surface area contributed by atoms with E-state index < -0.39 is 10.0 Å². The van der Waals surface area contributed by atoms with Crippen LogP contribution < -0.4 is 10.5 Å². The summed E-state index contributed by atoms with van der Waals surface area (Å²) in [5.41, 5.74) is 6.92. The number of hydrogen-bond donors (Lipinski definition) is 2. The van der Waals surface area contributed by atoms with Gasteiger partial charge in [0.15, 0.2) is 0 Å². The summed E-state index contributed by atoms with van der Waals surface area (Å²) < 4.78 is 26.5. The number of nitrogens with two attached hydrogens (primary N) is 1. The fraction of sp³-hybridized carbons (Fsp3) is 0.500. The lowest BCUT2D eigenvalue weighted by Gasteiger charge is -2.32. The molecule has 0 atom stereocenters. The number of nitrogens with one attached hydrogen (secondary N) is 1. The minimum absolute atomic E-state index is 0.0371. The maximum absolute atomic E-state index is 11.9. The first-order chi connectivity index (χ1) is 7.96. The molecular formula is C12H18N2O2S. The summed E-state index contributed by atoms with van der Waals surface area (Å²) in [5, 5.41) is 0. The average Bonchev–Trinajstić information content (AvgIpc) is 2.18. The molecule has 0 aromatic heterocycles. The van der Waals surface area contributed by atoms with Crippen molar-refractivity contribution in [2.75, 3.05) is 5.73 Å². The Morgan fingerprint density at radius 3 is 2.59 bits per heavy atom. The zero-order valence-electron chi connectivity index (χ0n) is 9.89. The molecule has 4 nitrogen and oxygen atoms in total. The molecule has 0 aliphatic heterocycles. The molecule has 1 aromatic carbocycles. The van der Waals surface area contributed by atoms with Crippen LogP contribution in [0.25, 0.3) is 0 Å². The molecule has 1 aliphatic rings. The largest absolute Gasteiger partial charge is 0.398 e. The summed E-state index contributed by atoms with van der Waals surface area (Å²) in [5.74, 6) is 0.592. The molecule has 0 unspecified atom stereocenters. The van der Waals surface area contributed by atoms with Crippen LogP contribution >= 0.6 is 0 Å². The van der Waals surface area contributed by atoms with Gasteiger partial charge in [0.25, 0.3) is 0 Å². The second kappa shape index (κ2) is 4.66. The quantitative estimate of drug-likeness (QED) is 0.800. The first kappa shape index (κ1) is 12.4. The molecule has 0 saturated heterocycles. The summed E-state index contributed by atoms with van der Waals surface area (Å²) in [6.45, 7) is 2.12. The summed E-state index contributed by atoms with van der Waals surface area (Å²) in [6.07, 6.45) is 1.87. The molecule has 3 N–H and O–H groups in total. The third-order valence-electron chi connectivity index (χ3n) is 3.12. The molecule has 1 aromatic rings. The van der Waals surface area contributed by atoms with Gasteiger partial charge in [0.1, 0.15) is 0 Å². The van der Waals surface area contributed by atoms with Gasteiger partial charge in [-0.2, -0.15) is 0 Å². The van der Waals surface area contributed by atoms with E-state index in [1.807, 2.05) is 0 Å². The maximum atomic E-state index is 11.9. The van der Waals surface area contributed by atoms with Gasteiger partial charge in [0.2, 0.25) is 10.0 Å². The van der Waals surface area contributed by atoms with Gasteiger partial charge in [-0.15, -0.1) is 0 Å². The Labute approximate surface area is 102 Å². The van der Waals surface area contributed by atoms with Gasteiger partial charge in [-0.05, 0) is 30.4 Å². The SMILES string of the molecule is CC1CC(NS(=O)(=O)Cc2ccccc2N)C1. The first-order valence-corrected chi connectivity index (χ1v) is 7.45.